The van der Waals surface area contributed by atoms with E-state index in [4.69, 9.17) is 5.11 Å². The first-order valence-corrected chi connectivity index (χ1v) is 6.51. The quantitative estimate of drug-likeness (QED) is 0.663. The number of rotatable bonds is 5. The lowest BCUT2D eigenvalue weighted by Crippen LogP contribution is -2.01. The molecule has 0 fully saturated rings. The first kappa shape index (κ1) is 13.3. The van der Waals surface area contributed by atoms with E-state index >= 15 is 0 Å². The van der Waals surface area contributed by atoms with Gasteiger partial charge in [0.25, 0.3) is 0 Å². The van der Waals surface area contributed by atoms with E-state index in [0.29, 0.717) is 11.0 Å². The highest BCUT2D eigenvalue weighted by Crippen LogP contribution is 2.16. The van der Waals surface area contributed by atoms with Gasteiger partial charge in [0.05, 0.1) is 12.0 Å². The van der Waals surface area contributed by atoms with Crippen molar-refractivity contribution >= 4 is 23.9 Å². The van der Waals surface area contributed by atoms with Crippen LogP contribution in [0.25, 0.3) is 0 Å². The first-order valence-electron chi connectivity index (χ1n) is 5.53. The molecule has 1 heterocycles. The molecule has 7 heteroatoms. The molecule has 2 rings (SSSR count). The number of aryl methyl sites for hydroxylation is 1. The van der Waals surface area contributed by atoms with E-state index in [1.807, 2.05) is 30.3 Å². The Hall–Kier alpha value is -2.15. The number of hydrogen-bond acceptors (Lipinski definition) is 5. The number of nitrogens with zero attached hydrogens (tertiary/aromatic N) is 4. The Morgan fingerprint density at radius 3 is 2.84 bits per heavy atom. The van der Waals surface area contributed by atoms with E-state index < -0.39 is 5.97 Å². The Labute approximate surface area is 114 Å². The van der Waals surface area contributed by atoms with Crippen LogP contribution in [0.15, 0.2) is 40.6 Å². The van der Waals surface area contributed by atoms with E-state index in [-0.39, 0.29) is 5.75 Å². The van der Waals surface area contributed by atoms with Crippen LogP contribution in [0.1, 0.15) is 11.4 Å². The van der Waals surface area contributed by atoms with E-state index in [2.05, 4.69) is 15.3 Å². The lowest BCUT2D eigenvalue weighted by molar-refractivity contribution is -0.133. The maximum Gasteiger partial charge on any atom is 0.313 e. The molecule has 2 aromatic rings. The summed E-state index contributed by atoms with van der Waals surface area (Å²) in [5, 5.41) is 21.2. The fourth-order valence-corrected chi connectivity index (χ4v) is 2.00. The predicted molar refractivity (Wildman–Crippen MR) is 72.6 cm³/mol. The van der Waals surface area contributed by atoms with Crippen LogP contribution < -0.4 is 0 Å². The highest BCUT2D eigenvalue weighted by atomic mass is 32.2. The van der Waals surface area contributed by atoms with Gasteiger partial charge >= 0.3 is 5.97 Å². The zero-order valence-electron chi connectivity index (χ0n) is 10.2. The van der Waals surface area contributed by atoms with Gasteiger partial charge in [0.2, 0.25) is 5.16 Å². The summed E-state index contributed by atoms with van der Waals surface area (Å²) >= 11 is 1.09. The lowest BCUT2D eigenvalue weighted by atomic mass is 10.2. The van der Waals surface area contributed by atoms with Gasteiger partial charge in [-0.2, -0.15) is 9.78 Å². The fraction of sp³-hybridized carbons (Fsp3) is 0.167. The van der Waals surface area contributed by atoms with Gasteiger partial charge in [-0.25, -0.2) is 0 Å². The second-order valence-electron chi connectivity index (χ2n) is 3.68. The van der Waals surface area contributed by atoms with Crippen molar-refractivity contribution < 1.29 is 9.90 Å². The third-order valence-corrected chi connectivity index (χ3v) is 3.12. The first-order chi connectivity index (χ1) is 9.16. The summed E-state index contributed by atoms with van der Waals surface area (Å²) in [6.45, 7) is 1.76. The zero-order chi connectivity index (χ0) is 13.7. The van der Waals surface area contributed by atoms with Gasteiger partial charge in [-0.05, 0) is 12.5 Å². The van der Waals surface area contributed by atoms with Crippen molar-refractivity contribution in [2.45, 2.75) is 12.1 Å². The molecule has 0 amide bonds. The number of thioether (sulfide) groups is 1. The molecule has 0 aliphatic heterocycles. The van der Waals surface area contributed by atoms with Gasteiger partial charge < -0.3 is 5.11 Å². The number of hydrogen-bond donors (Lipinski definition) is 1. The van der Waals surface area contributed by atoms with E-state index in [9.17, 15) is 4.79 Å². The molecule has 0 aliphatic rings. The average Bonchev–Trinajstić information content (AvgIpc) is 2.76. The monoisotopic (exact) mass is 276 g/mol. The van der Waals surface area contributed by atoms with Crippen LogP contribution in [0, 0.1) is 6.92 Å². The smallest absolute Gasteiger partial charge is 0.313 e. The summed E-state index contributed by atoms with van der Waals surface area (Å²) in [6, 6.07) is 9.61. The molecule has 98 valence electrons. The number of carbonyl (C=O) groups is 1. The summed E-state index contributed by atoms with van der Waals surface area (Å²) in [5.74, 6) is -0.358. The van der Waals surface area contributed by atoms with Crippen molar-refractivity contribution in [3.05, 3.63) is 41.7 Å². The minimum atomic E-state index is -0.899. The van der Waals surface area contributed by atoms with Crippen LogP contribution in [0.2, 0.25) is 0 Å². The molecule has 1 aromatic carbocycles. The molecule has 1 N–H and O–H groups in total. The summed E-state index contributed by atoms with van der Waals surface area (Å²) < 4.78 is 1.53. The summed E-state index contributed by atoms with van der Waals surface area (Å²) in [5.41, 5.74) is 0.949. The van der Waals surface area contributed by atoms with Crippen LogP contribution in [-0.2, 0) is 4.79 Å². The van der Waals surface area contributed by atoms with Crippen molar-refractivity contribution in [2.24, 2.45) is 5.10 Å². The summed E-state index contributed by atoms with van der Waals surface area (Å²) in [6.07, 6.45) is 1.68. The fourth-order valence-electron chi connectivity index (χ4n) is 1.35. The number of aromatic nitrogens is 3. The van der Waals surface area contributed by atoms with Crippen LogP contribution in [0.3, 0.4) is 0 Å². The molecule has 0 atom stereocenters. The lowest BCUT2D eigenvalue weighted by Gasteiger charge is -2.00. The normalized spacial score (nSPS) is 11.0. The average molecular weight is 276 g/mol. The highest BCUT2D eigenvalue weighted by Gasteiger charge is 2.10. The second-order valence-corrected chi connectivity index (χ2v) is 4.62. The molecule has 0 saturated heterocycles. The minimum absolute atomic E-state index is 0.0704. The molecular formula is C12H12N4O2S. The van der Waals surface area contributed by atoms with Gasteiger partial charge in [0.1, 0.15) is 0 Å². The molecule has 6 nitrogen and oxygen atoms in total. The van der Waals surface area contributed by atoms with Gasteiger partial charge in [0.15, 0.2) is 5.82 Å². The van der Waals surface area contributed by atoms with Crippen molar-refractivity contribution in [3.8, 4) is 0 Å². The van der Waals surface area contributed by atoms with E-state index in [1.165, 1.54) is 4.68 Å². The van der Waals surface area contributed by atoms with Crippen LogP contribution in [0.5, 0.6) is 0 Å². The van der Waals surface area contributed by atoms with Crippen LogP contribution >= 0.6 is 11.8 Å². The second kappa shape index (κ2) is 6.14. The Morgan fingerprint density at radius 2 is 2.16 bits per heavy atom. The van der Waals surface area contributed by atoms with Crippen molar-refractivity contribution in [3.63, 3.8) is 0 Å². The van der Waals surface area contributed by atoms with Crippen molar-refractivity contribution in [1.82, 2.24) is 14.9 Å². The molecule has 0 aliphatic carbocycles. The Kier molecular flexibility index (Phi) is 4.30. The third kappa shape index (κ3) is 3.65. The van der Waals surface area contributed by atoms with Crippen molar-refractivity contribution in [1.29, 1.82) is 0 Å². The minimum Gasteiger partial charge on any atom is -0.481 e. The molecule has 0 bridgehead atoms. The molecular weight excluding hydrogens is 264 g/mol. The Morgan fingerprint density at radius 1 is 1.42 bits per heavy atom. The molecule has 1 aromatic heterocycles. The third-order valence-electron chi connectivity index (χ3n) is 2.21. The van der Waals surface area contributed by atoms with Gasteiger partial charge in [-0.15, -0.1) is 10.2 Å². The standard InChI is InChI=1S/C12H12N4O2S/c1-9-14-15-12(19-8-11(17)18)16(9)13-7-10-5-3-2-4-6-10/h2-7H,8H2,1H3,(H,17,18)/b13-7-. The van der Waals surface area contributed by atoms with Crippen LogP contribution in [0.4, 0.5) is 0 Å². The molecule has 0 radical (unpaired) electrons. The van der Waals surface area contributed by atoms with E-state index in [0.717, 1.165) is 17.3 Å². The van der Waals surface area contributed by atoms with Crippen molar-refractivity contribution in [2.75, 3.05) is 5.75 Å². The molecule has 19 heavy (non-hydrogen) atoms. The largest absolute Gasteiger partial charge is 0.481 e. The summed E-state index contributed by atoms with van der Waals surface area (Å²) in [4.78, 5) is 10.6. The van der Waals surface area contributed by atoms with E-state index in [1.54, 1.807) is 13.1 Å². The predicted octanol–water partition coefficient (Wildman–Crippen LogP) is 1.65. The Bertz CT molecular complexity index is 595. The van der Waals surface area contributed by atoms with Gasteiger partial charge in [-0.3, -0.25) is 4.79 Å². The maximum atomic E-state index is 10.6. The zero-order valence-corrected chi connectivity index (χ0v) is 11.0. The highest BCUT2D eigenvalue weighted by molar-refractivity contribution is 7.99. The van der Waals surface area contributed by atoms with Crippen LogP contribution in [-0.4, -0.2) is 37.9 Å². The number of benzene rings is 1. The summed E-state index contributed by atoms with van der Waals surface area (Å²) in [7, 11) is 0. The topological polar surface area (TPSA) is 80.4 Å². The SMILES string of the molecule is Cc1nnc(SCC(=O)O)n1/N=C\c1ccccc1. The molecule has 0 saturated carbocycles. The maximum absolute atomic E-state index is 10.6. The molecule has 0 spiro atoms. The number of carboxylic acid groups (broad SMARTS) is 1. The Balaban J connectivity index is 2.17. The number of carboxylic acids is 1. The molecule has 0 unspecified atom stereocenters. The van der Waals surface area contributed by atoms with Gasteiger partial charge in [0, 0.05) is 0 Å². The van der Waals surface area contributed by atoms with Gasteiger partial charge in [-0.1, -0.05) is 42.1 Å². The number of aliphatic carboxylic acids is 1.